The van der Waals surface area contributed by atoms with E-state index in [1.54, 1.807) is 18.2 Å². The lowest BCUT2D eigenvalue weighted by Gasteiger charge is -2.13. The molecule has 3 aromatic rings. The lowest BCUT2D eigenvalue weighted by atomic mass is 10.2. The number of rotatable bonds is 5. The molecule has 1 atom stereocenters. The third-order valence-corrected chi connectivity index (χ3v) is 6.34. The van der Waals surface area contributed by atoms with Crippen LogP contribution in [0.5, 0.6) is 0 Å². The summed E-state index contributed by atoms with van der Waals surface area (Å²) in [6, 6.07) is 4.04. The van der Waals surface area contributed by atoms with Gasteiger partial charge in [0.1, 0.15) is 11.1 Å². The first-order valence-corrected chi connectivity index (χ1v) is 10.6. The largest absolute Gasteiger partial charge is 0.436 e. The molecule has 13 heteroatoms. The van der Waals surface area contributed by atoms with Crippen LogP contribution in [0.1, 0.15) is 29.9 Å². The van der Waals surface area contributed by atoms with Crippen molar-refractivity contribution in [1.29, 1.82) is 0 Å². The predicted molar refractivity (Wildman–Crippen MR) is 116 cm³/mol. The monoisotopic (exact) mass is 557 g/mol. The number of alkyl halides is 3. The number of benzene rings is 1. The maximum Gasteiger partial charge on any atom is 0.436 e. The summed E-state index contributed by atoms with van der Waals surface area (Å²) >= 11 is 21.0. The summed E-state index contributed by atoms with van der Waals surface area (Å²) in [6.45, 7) is 3.15. The van der Waals surface area contributed by atoms with Gasteiger partial charge in [-0.1, -0.05) is 40.9 Å². The van der Waals surface area contributed by atoms with Crippen molar-refractivity contribution in [3.05, 3.63) is 60.9 Å². The van der Waals surface area contributed by atoms with Crippen LogP contribution in [0.15, 0.2) is 28.9 Å². The SMILES string of the molecule is Cc1c(Br)c(C(F)(F)F)nn1C(C)C(=O)Nc1nn(Cc2ccc(Cl)c(Cl)c2)cc1Cl. The molecule has 0 radical (unpaired) electrons. The lowest BCUT2D eigenvalue weighted by Crippen LogP contribution is -2.26. The minimum Gasteiger partial charge on any atom is -0.306 e. The summed E-state index contributed by atoms with van der Waals surface area (Å²) in [5, 5.41) is 11.2. The molecule has 1 aromatic carbocycles. The summed E-state index contributed by atoms with van der Waals surface area (Å²) in [5.41, 5.74) is -0.142. The van der Waals surface area contributed by atoms with Crippen LogP contribution in [-0.2, 0) is 17.5 Å². The average molecular weight is 560 g/mol. The summed E-state index contributed by atoms with van der Waals surface area (Å²) in [6.07, 6.45) is -3.15. The number of halogens is 7. The molecule has 166 valence electrons. The van der Waals surface area contributed by atoms with Gasteiger partial charge in [0.25, 0.3) is 0 Å². The van der Waals surface area contributed by atoms with E-state index in [0.717, 1.165) is 10.2 Å². The highest BCUT2D eigenvalue weighted by Gasteiger charge is 2.39. The van der Waals surface area contributed by atoms with E-state index in [1.807, 2.05) is 0 Å². The van der Waals surface area contributed by atoms with Crippen molar-refractivity contribution in [1.82, 2.24) is 19.6 Å². The van der Waals surface area contributed by atoms with E-state index in [9.17, 15) is 18.0 Å². The number of nitrogens with one attached hydrogen (secondary N) is 1. The minimum absolute atomic E-state index is 0.0681. The van der Waals surface area contributed by atoms with E-state index in [1.165, 1.54) is 24.7 Å². The fourth-order valence-corrected chi connectivity index (χ4v) is 3.78. The Kier molecular flexibility index (Phi) is 6.95. The van der Waals surface area contributed by atoms with Crippen LogP contribution in [-0.4, -0.2) is 25.5 Å². The lowest BCUT2D eigenvalue weighted by molar-refractivity contribution is -0.142. The molecular weight excluding hydrogens is 545 g/mol. The molecule has 1 unspecified atom stereocenters. The van der Waals surface area contributed by atoms with Crippen LogP contribution in [0, 0.1) is 6.92 Å². The molecular formula is C18H14BrCl3F3N5O. The van der Waals surface area contributed by atoms with Crippen molar-refractivity contribution < 1.29 is 18.0 Å². The van der Waals surface area contributed by atoms with Gasteiger partial charge >= 0.3 is 6.18 Å². The van der Waals surface area contributed by atoms with Crippen molar-refractivity contribution in [3.8, 4) is 0 Å². The number of nitrogens with zero attached hydrogens (tertiary/aromatic N) is 4. The smallest absolute Gasteiger partial charge is 0.306 e. The maximum atomic E-state index is 13.1. The number of anilines is 1. The topological polar surface area (TPSA) is 64.7 Å². The van der Waals surface area contributed by atoms with Crippen LogP contribution in [0.2, 0.25) is 15.1 Å². The molecule has 0 spiro atoms. The number of aromatic nitrogens is 4. The molecule has 1 amide bonds. The van der Waals surface area contributed by atoms with Crippen molar-refractivity contribution in [3.63, 3.8) is 0 Å². The second kappa shape index (κ2) is 9.01. The first-order valence-electron chi connectivity index (χ1n) is 8.68. The third-order valence-electron chi connectivity index (χ3n) is 4.38. The average Bonchev–Trinajstić information content (AvgIpc) is 3.17. The number of amides is 1. The van der Waals surface area contributed by atoms with Gasteiger partial charge in [0.2, 0.25) is 5.91 Å². The molecule has 0 fully saturated rings. The fraction of sp³-hybridized carbons (Fsp3) is 0.278. The Morgan fingerprint density at radius 1 is 1.19 bits per heavy atom. The van der Waals surface area contributed by atoms with E-state index < -0.39 is 23.8 Å². The Labute approximate surface area is 198 Å². The molecule has 0 saturated carbocycles. The van der Waals surface area contributed by atoms with Gasteiger partial charge < -0.3 is 5.32 Å². The summed E-state index contributed by atoms with van der Waals surface area (Å²) in [5.74, 6) is -0.563. The van der Waals surface area contributed by atoms with E-state index in [0.29, 0.717) is 16.6 Å². The highest BCUT2D eigenvalue weighted by Crippen LogP contribution is 2.36. The van der Waals surface area contributed by atoms with Gasteiger partial charge in [-0.2, -0.15) is 23.4 Å². The molecule has 0 aliphatic carbocycles. The zero-order chi connectivity index (χ0) is 23.1. The van der Waals surface area contributed by atoms with Gasteiger partial charge in [0.05, 0.1) is 26.8 Å². The normalized spacial score (nSPS) is 12.8. The zero-order valence-electron chi connectivity index (χ0n) is 15.9. The van der Waals surface area contributed by atoms with Crippen LogP contribution >= 0.6 is 50.7 Å². The molecule has 0 bridgehead atoms. The van der Waals surface area contributed by atoms with Crippen molar-refractivity contribution in [2.75, 3.05) is 5.32 Å². The van der Waals surface area contributed by atoms with Crippen molar-refractivity contribution >= 4 is 62.5 Å². The molecule has 0 aliphatic rings. The Bertz CT molecular complexity index is 1150. The molecule has 2 heterocycles. The van der Waals surface area contributed by atoms with Gasteiger partial charge in [0, 0.05) is 6.20 Å². The van der Waals surface area contributed by atoms with E-state index in [-0.39, 0.29) is 21.0 Å². The molecule has 0 saturated heterocycles. The number of hydrogen-bond donors (Lipinski definition) is 1. The van der Waals surface area contributed by atoms with Gasteiger partial charge in [-0.15, -0.1) is 0 Å². The molecule has 3 rings (SSSR count). The Hall–Kier alpha value is -1.75. The van der Waals surface area contributed by atoms with Crippen molar-refractivity contribution in [2.45, 2.75) is 32.6 Å². The highest BCUT2D eigenvalue weighted by atomic mass is 79.9. The van der Waals surface area contributed by atoms with Gasteiger partial charge in [-0.05, 0) is 47.5 Å². The molecule has 1 N–H and O–H groups in total. The number of hydrogen-bond acceptors (Lipinski definition) is 3. The molecule has 0 aliphatic heterocycles. The first kappa shape index (κ1) is 23.9. The predicted octanol–water partition coefficient (Wildman–Crippen LogP) is 6.38. The van der Waals surface area contributed by atoms with E-state index >= 15 is 0 Å². The number of carbonyl (C=O) groups excluding carboxylic acids is 1. The molecule has 2 aromatic heterocycles. The van der Waals surface area contributed by atoms with Crippen LogP contribution < -0.4 is 5.32 Å². The van der Waals surface area contributed by atoms with Crippen LogP contribution in [0.3, 0.4) is 0 Å². The van der Waals surface area contributed by atoms with Gasteiger partial charge in [-0.25, -0.2) is 0 Å². The maximum absolute atomic E-state index is 13.1. The van der Waals surface area contributed by atoms with Gasteiger partial charge in [0.15, 0.2) is 11.5 Å². The molecule has 6 nitrogen and oxygen atoms in total. The Morgan fingerprint density at radius 2 is 1.87 bits per heavy atom. The number of carbonyl (C=O) groups is 1. The highest BCUT2D eigenvalue weighted by molar-refractivity contribution is 9.10. The Morgan fingerprint density at radius 3 is 2.45 bits per heavy atom. The van der Waals surface area contributed by atoms with Crippen molar-refractivity contribution in [2.24, 2.45) is 0 Å². The summed E-state index contributed by atoms with van der Waals surface area (Å²) in [4.78, 5) is 12.6. The Balaban J connectivity index is 1.77. The second-order valence-corrected chi connectivity index (χ2v) is 8.64. The van der Waals surface area contributed by atoms with E-state index in [4.69, 9.17) is 34.8 Å². The molecule has 31 heavy (non-hydrogen) atoms. The van der Waals surface area contributed by atoms with Gasteiger partial charge in [-0.3, -0.25) is 14.2 Å². The third kappa shape index (κ3) is 5.19. The van der Waals surface area contributed by atoms with Crippen LogP contribution in [0.25, 0.3) is 0 Å². The first-order chi connectivity index (χ1) is 14.4. The summed E-state index contributed by atoms with van der Waals surface area (Å²) < 4.78 is 41.5. The fourth-order valence-electron chi connectivity index (χ4n) is 2.78. The standard InChI is InChI=1S/C18H14BrCl3F3N5O/c1-8-14(19)15(18(23,24)25)27-30(8)9(2)17(31)26-16-13(22)7-29(28-16)6-10-3-4-11(20)12(21)5-10/h3-5,7,9H,6H2,1-2H3,(H,26,28,31). The quantitative estimate of drug-likeness (QED) is 0.395. The zero-order valence-corrected chi connectivity index (χ0v) is 19.8. The summed E-state index contributed by atoms with van der Waals surface area (Å²) in [7, 11) is 0. The van der Waals surface area contributed by atoms with E-state index in [2.05, 4.69) is 31.4 Å². The van der Waals surface area contributed by atoms with Crippen LogP contribution in [0.4, 0.5) is 19.0 Å². The minimum atomic E-state index is -4.66. The second-order valence-electron chi connectivity index (χ2n) is 6.63.